The maximum Gasteiger partial charge on any atom is 0.102 e. The Labute approximate surface area is 135 Å². The van der Waals surface area contributed by atoms with E-state index in [4.69, 9.17) is 5.73 Å². The number of benzene rings is 1. The second-order valence-electron chi connectivity index (χ2n) is 4.61. The van der Waals surface area contributed by atoms with Gasteiger partial charge in [-0.05, 0) is 35.9 Å². The number of nitrogens with zero attached hydrogens (tertiary/aromatic N) is 2. The van der Waals surface area contributed by atoms with Crippen molar-refractivity contribution in [1.82, 2.24) is 4.40 Å². The third-order valence-corrected chi connectivity index (χ3v) is 4.86. The second kappa shape index (κ2) is 5.84. The van der Waals surface area contributed by atoms with Gasteiger partial charge in [-0.1, -0.05) is 22.0 Å². The van der Waals surface area contributed by atoms with Crippen LogP contribution in [0.2, 0.25) is 0 Å². The molecule has 0 aliphatic rings. The number of nitriles is 1. The van der Waals surface area contributed by atoms with E-state index < -0.39 is 0 Å². The monoisotopic (exact) mass is 357 g/mol. The van der Waals surface area contributed by atoms with E-state index in [1.54, 1.807) is 11.8 Å². The third-order valence-electron chi connectivity index (χ3n) is 3.23. The van der Waals surface area contributed by atoms with E-state index in [1.165, 1.54) is 0 Å². The molecule has 21 heavy (non-hydrogen) atoms. The Kier molecular flexibility index (Phi) is 3.91. The SMILES string of the molecule is N#Cc1c(CSc2ccc(Br)cc2N)cn2ccccc12. The smallest absolute Gasteiger partial charge is 0.102 e. The molecule has 0 amide bonds. The first kappa shape index (κ1) is 14.1. The molecule has 3 rings (SSSR count). The Morgan fingerprint density at radius 2 is 2.14 bits per heavy atom. The van der Waals surface area contributed by atoms with Crippen molar-refractivity contribution in [3.8, 4) is 6.07 Å². The number of anilines is 1. The molecule has 2 aromatic heterocycles. The van der Waals surface area contributed by atoms with E-state index in [1.807, 2.05) is 53.2 Å². The Morgan fingerprint density at radius 3 is 2.90 bits per heavy atom. The molecule has 0 saturated heterocycles. The molecule has 2 N–H and O–H groups in total. The fourth-order valence-corrected chi connectivity index (χ4v) is 3.52. The van der Waals surface area contributed by atoms with Crippen molar-refractivity contribution < 1.29 is 0 Å². The van der Waals surface area contributed by atoms with Gasteiger partial charge in [0.05, 0.1) is 11.1 Å². The zero-order chi connectivity index (χ0) is 14.8. The van der Waals surface area contributed by atoms with Gasteiger partial charge in [0.1, 0.15) is 6.07 Å². The number of aromatic nitrogens is 1. The molecule has 0 atom stereocenters. The molecule has 0 spiro atoms. The summed E-state index contributed by atoms with van der Waals surface area (Å²) in [6.07, 6.45) is 3.97. The van der Waals surface area contributed by atoms with E-state index in [2.05, 4.69) is 22.0 Å². The van der Waals surface area contributed by atoms with Gasteiger partial charge in [0.2, 0.25) is 0 Å². The molecule has 0 radical (unpaired) electrons. The highest BCUT2D eigenvalue weighted by atomic mass is 79.9. The predicted molar refractivity (Wildman–Crippen MR) is 90.2 cm³/mol. The van der Waals surface area contributed by atoms with Crippen LogP contribution in [-0.4, -0.2) is 4.40 Å². The molecule has 5 heteroatoms. The van der Waals surface area contributed by atoms with Gasteiger partial charge >= 0.3 is 0 Å². The first-order valence-corrected chi connectivity index (χ1v) is 8.13. The molecule has 104 valence electrons. The van der Waals surface area contributed by atoms with Crippen LogP contribution in [0.15, 0.2) is 58.2 Å². The largest absolute Gasteiger partial charge is 0.398 e. The van der Waals surface area contributed by atoms with Gasteiger partial charge in [0, 0.05) is 33.2 Å². The summed E-state index contributed by atoms with van der Waals surface area (Å²) < 4.78 is 2.95. The van der Waals surface area contributed by atoms with Crippen LogP contribution in [0.4, 0.5) is 5.69 Å². The molecule has 0 bridgehead atoms. The maximum atomic E-state index is 9.39. The first-order chi connectivity index (χ1) is 10.2. The average molecular weight is 358 g/mol. The number of hydrogen-bond acceptors (Lipinski definition) is 3. The van der Waals surface area contributed by atoms with Crippen LogP contribution >= 0.6 is 27.7 Å². The number of nitrogens with two attached hydrogens (primary N) is 1. The highest BCUT2D eigenvalue weighted by Gasteiger charge is 2.11. The normalized spacial score (nSPS) is 10.7. The lowest BCUT2D eigenvalue weighted by Crippen LogP contribution is -1.89. The number of pyridine rings is 1. The number of nitrogen functional groups attached to an aromatic ring is 1. The fourth-order valence-electron chi connectivity index (χ4n) is 2.22. The van der Waals surface area contributed by atoms with Gasteiger partial charge in [0.15, 0.2) is 0 Å². The van der Waals surface area contributed by atoms with Crippen LogP contribution < -0.4 is 5.73 Å². The van der Waals surface area contributed by atoms with Crippen molar-refractivity contribution in [3.63, 3.8) is 0 Å². The molecule has 2 heterocycles. The molecule has 0 unspecified atom stereocenters. The van der Waals surface area contributed by atoms with Crippen molar-refractivity contribution in [2.75, 3.05) is 5.73 Å². The Morgan fingerprint density at radius 1 is 1.29 bits per heavy atom. The molecule has 0 fully saturated rings. The zero-order valence-electron chi connectivity index (χ0n) is 11.1. The lowest BCUT2D eigenvalue weighted by molar-refractivity contribution is 1.18. The zero-order valence-corrected chi connectivity index (χ0v) is 13.5. The summed E-state index contributed by atoms with van der Waals surface area (Å²) in [5, 5.41) is 9.39. The summed E-state index contributed by atoms with van der Waals surface area (Å²) in [6.45, 7) is 0. The second-order valence-corrected chi connectivity index (χ2v) is 6.54. The quantitative estimate of drug-likeness (QED) is 0.556. The minimum atomic E-state index is 0.719. The molecule has 3 nitrogen and oxygen atoms in total. The third kappa shape index (κ3) is 2.78. The highest BCUT2D eigenvalue weighted by Crippen LogP contribution is 2.32. The topological polar surface area (TPSA) is 54.2 Å². The van der Waals surface area contributed by atoms with E-state index in [9.17, 15) is 5.26 Å². The summed E-state index contributed by atoms with van der Waals surface area (Å²) in [4.78, 5) is 1.03. The molecule has 3 aromatic rings. The van der Waals surface area contributed by atoms with Gasteiger partial charge < -0.3 is 10.1 Å². The van der Waals surface area contributed by atoms with Gasteiger partial charge in [-0.3, -0.25) is 0 Å². The van der Waals surface area contributed by atoms with E-state index in [-0.39, 0.29) is 0 Å². The van der Waals surface area contributed by atoms with Gasteiger partial charge in [-0.25, -0.2) is 0 Å². The van der Waals surface area contributed by atoms with Gasteiger partial charge in [-0.2, -0.15) is 5.26 Å². The number of hydrogen-bond donors (Lipinski definition) is 1. The number of fused-ring (bicyclic) bond motifs is 1. The molecular formula is C16H12BrN3S. The van der Waals surface area contributed by atoms with Crippen molar-refractivity contribution in [2.24, 2.45) is 0 Å². The summed E-state index contributed by atoms with van der Waals surface area (Å²) in [7, 11) is 0. The van der Waals surface area contributed by atoms with Crippen molar-refractivity contribution in [2.45, 2.75) is 10.6 Å². The minimum absolute atomic E-state index is 0.719. The van der Waals surface area contributed by atoms with Crippen LogP contribution in [0.5, 0.6) is 0 Å². The summed E-state index contributed by atoms with van der Waals surface area (Å²) in [6, 6.07) is 14.0. The van der Waals surface area contributed by atoms with Gasteiger partial charge in [-0.15, -0.1) is 11.8 Å². The van der Waals surface area contributed by atoms with Crippen LogP contribution in [0.3, 0.4) is 0 Å². The van der Waals surface area contributed by atoms with Crippen molar-refractivity contribution in [1.29, 1.82) is 5.26 Å². The fraction of sp³-hybridized carbons (Fsp3) is 0.0625. The lowest BCUT2D eigenvalue weighted by Gasteiger charge is -2.05. The van der Waals surface area contributed by atoms with E-state index >= 15 is 0 Å². The number of halogens is 1. The molecular weight excluding hydrogens is 346 g/mol. The molecule has 1 aromatic carbocycles. The average Bonchev–Trinajstić information content (AvgIpc) is 2.83. The van der Waals surface area contributed by atoms with Crippen LogP contribution in [-0.2, 0) is 5.75 Å². The lowest BCUT2D eigenvalue weighted by atomic mass is 10.2. The maximum absolute atomic E-state index is 9.39. The number of thioether (sulfide) groups is 1. The highest BCUT2D eigenvalue weighted by molar-refractivity contribution is 9.10. The summed E-state index contributed by atoms with van der Waals surface area (Å²) >= 11 is 5.05. The van der Waals surface area contributed by atoms with Crippen LogP contribution in [0.1, 0.15) is 11.1 Å². The Hall–Kier alpha value is -1.90. The van der Waals surface area contributed by atoms with Crippen molar-refractivity contribution in [3.05, 3.63) is 64.4 Å². The standard InChI is InChI=1S/C16H12BrN3S/c17-12-4-5-16(14(19)7-12)21-10-11-9-20-6-2-1-3-15(20)13(11)8-18/h1-7,9H,10,19H2. The summed E-state index contributed by atoms with van der Waals surface area (Å²) in [5.41, 5.74) is 9.46. The van der Waals surface area contributed by atoms with Crippen LogP contribution in [0.25, 0.3) is 5.52 Å². The molecule has 0 saturated carbocycles. The van der Waals surface area contributed by atoms with E-state index in [0.29, 0.717) is 0 Å². The van der Waals surface area contributed by atoms with Crippen LogP contribution in [0, 0.1) is 11.3 Å². The predicted octanol–water partition coefficient (Wildman–Crippen LogP) is 4.45. The number of rotatable bonds is 3. The molecule has 0 aliphatic heterocycles. The first-order valence-electron chi connectivity index (χ1n) is 6.35. The van der Waals surface area contributed by atoms with E-state index in [0.717, 1.165) is 37.5 Å². The Balaban J connectivity index is 1.90. The van der Waals surface area contributed by atoms with Crippen molar-refractivity contribution >= 4 is 38.9 Å². The minimum Gasteiger partial charge on any atom is -0.398 e. The molecule has 0 aliphatic carbocycles. The van der Waals surface area contributed by atoms with Gasteiger partial charge in [0.25, 0.3) is 0 Å². The Bertz CT molecular complexity index is 848. The summed E-state index contributed by atoms with van der Waals surface area (Å²) in [5.74, 6) is 0.719.